The molecule has 0 radical (unpaired) electrons. The molecule has 724 valence electrons. The van der Waals surface area contributed by atoms with Crippen LogP contribution < -0.4 is 46.4 Å². The molecule has 3 unspecified atom stereocenters. The van der Waals surface area contributed by atoms with E-state index in [1.807, 2.05) is 193 Å². The second kappa shape index (κ2) is 43.2. The van der Waals surface area contributed by atoms with Gasteiger partial charge in [0, 0.05) is 119 Å². The van der Waals surface area contributed by atoms with E-state index in [0.29, 0.717) is 68.7 Å². The van der Waals surface area contributed by atoms with E-state index >= 15 is 0 Å². The highest BCUT2D eigenvalue weighted by molar-refractivity contribution is 6.37. The minimum Gasteiger partial charge on any atom is -0.495 e. The van der Waals surface area contributed by atoms with Crippen molar-refractivity contribution in [1.82, 2.24) is 86.8 Å². The molecule has 7 N–H and O–H groups in total. The third-order valence-corrected chi connectivity index (χ3v) is 26.1. The number of halogens is 3. The smallest absolute Gasteiger partial charge is 0.220 e. The Morgan fingerprint density at radius 2 is 0.770 bits per heavy atom. The van der Waals surface area contributed by atoms with E-state index in [4.69, 9.17) is 104 Å². The van der Waals surface area contributed by atoms with Crippen LogP contribution in [0, 0.1) is 38.5 Å². The molecule has 4 aliphatic heterocycles. The molecule has 0 spiro atoms. The number of primary amides is 1. The minimum absolute atomic E-state index is 0.00853. The topological polar surface area (TPSA) is 393 Å². The first-order valence-electron chi connectivity index (χ1n) is 46.8. The first-order chi connectivity index (χ1) is 67.3. The number of nitrogens with two attached hydrogens (primary N) is 2. The van der Waals surface area contributed by atoms with Gasteiger partial charge < -0.3 is 78.8 Å². The van der Waals surface area contributed by atoms with Crippen LogP contribution in [0.25, 0.3) is 78.5 Å². The van der Waals surface area contributed by atoms with Crippen LogP contribution in [-0.2, 0) is 76.0 Å². The van der Waals surface area contributed by atoms with E-state index in [-0.39, 0.29) is 53.9 Å². The molecular formula is C102H115Cl3N24O10. The normalized spacial score (nSPS) is 16.5. The molecule has 37 heteroatoms. The number of fused-ring (bicyclic) bond motifs is 4. The van der Waals surface area contributed by atoms with Gasteiger partial charge in [-0.15, -0.1) is 0 Å². The van der Waals surface area contributed by atoms with Gasteiger partial charge in [-0.25, -0.2) is 49.8 Å². The highest BCUT2D eigenvalue weighted by Crippen LogP contribution is 2.45. The summed E-state index contributed by atoms with van der Waals surface area (Å²) in [5, 5.41) is 11.8. The Hall–Kier alpha value is -13.6. The fourth-order valence-corrected chi connectivity index (χ4v) is 18.3. The number of pyridine rings is 4. The highest BCUT2D eigenvalue weighted by atomic mass is 35.5. The van der Waals surface area contributed by atoms with Gasteiger partial charge in [0.05, 0.1) is 163 Å². The van der Waals surface area contributed by atoms with Crippen LogP contribution in [0.3, 0.4) is 0 Å². The van der Waals surface area contributed by atoms with Crippen LogP contribution in [0.2, 0.25) is 15.3 Å². The number of imidazole rings is 7. The van der Waals surface area contributed by atoms with Gasteiger partial charge in [0.1, 0.15) is 103 Å². The number of nitrogen functional groups attached to an aromatic ring is 1. The number of aromatic nitrogens is 18. The molecule has 15 aromatic rings. The Morgan fingerprint density at radius 1 is 0.410 bits per heavy atom. The van der Waals surface area contributed by atoms with Crippen molar-refractivity contribution >= 4 is 137 Å². The number of ether oxygens (including phenoxy) is 7. The van der Waals surface area contributed by atoms with Crippen molar-refractivity contribution in [3.05, 3.63) is 197 Å². The van der Waals surface area contributed by atoms with Crippen molar-refractivity contribution in [2.24, 2.45) is 56.7 Å². The second-order valence-corrected chi connectivity index (χ2v) is 37.0. The zero-order valence-electron chi connectivity index (χ0n) is 80.0. The second-order valence-electron chi connectivity index (χ2n) is 35.8. The van der Waals surface area contributed by atoms with Gasteiger partial charge in [-0.3, -0.25) is 38.1 Å². The lowest BCUT2D eigenvalue weighted by Crippen LogP contribution is -2.19. The Labute approximate surface area is 820 Å². The van der Waals surface area contributed by atoms with Crippen LogP contribution >= 0.6 is 34.8 Å². The summed E-state index contributed by atoms with van der Waals surface area (Å²) in [5.41, 5.74) is 32.9. The molecule has 3 saturated heterocycles. The van der Waals surface area contributed by atoms with Gasteiger partial charge in [-0.05, 0) is 191 Å². The number of aryl methyl sites for hydroxylation is 7. The van der Waals surface area contributed by atoms with Gasteiger partial charge in [0.25, 0.3) is 0 Å². The standard InChI is InChI=1S/C28H32N6O3.C24H25N5O2.C23H25ClN6O2.C12H13Cl2N3O.C11H13N3O.C4H7NO/c1-17-30-27-22(32-21-10-9-19(12-25(21)36-3)23-15-29-16-33(23)2)13-20(14-24(35)18-7-8-18)31-28(27)34(17)26-6-4-5-11-37-26;1-14-8-19-24(26-14)20(10-17(27-19)11-22(30)15-4-5-15)28-18-7-6-16(9-23(18)31-3)21-12-25-13-29(21)2;1-14-26-22-17(11-20(24)28-23(22)30(14)21-6-4-5-9-32-21)27-16-8-7-15(10-19(16)31-3)18-12-25-13-29(18)2;1-7-15-11-8(13)6-9(14)16-12(11)17(7)10-4-2-3-5-18-10;1-14-7-13-6-10(14)8-3-4-9(12)11(5-8)15-2;5-4(6)3-1-2-3/h9-10,12-13,15-16,18,26H,4-8,11,14H2,1-3H3,(H,31,32);6-7,9-10,12-13,15H,4-5,8,11H2,1-3H3,(H,27,28);7-8,10-13,21H,4-6,9H2,1-3H3,(H,27,28);6,10H,2-5H2,1H3;3-7H,12H2,1-2H3;3H,1-2H2,(H2,5,6). The number of carbonyl (C=O) groups excluding carboxylic acids is 3. The summed E-state index contributed by atoms with van der Waals surface area (Å²) in [6.45, 7) is 10.2. The molecule has 34 nitrogen and oxygen atoms in total. The molecule has 0 bridgehead atoms. The number of methoxy groups -OCH3 is 4. The van der Waals surface area contributed by atoms with E-state index in [1.54, 1.807) is 65.9 Å². The molecule has 6 fully saturated rings. The molecule has 11 aromatic heterocycles. The Kier molecular flexibility index (Phi) is 30.1. The molecule has 139 heavy (non-hydrogen) atoms. The molecule has 15 heterocycles. The van der Waals surface area contributed by atoms with Crippen molar-refractivity contribution in [3.8, 4) is 68.0 Å². The number of amides is 1. The summed E-state index contributed by atoms with van der Waals surface area (Å²) in [6.07, 6.45) is 31.1. The number of nitrogens with zero attached hydrogens (tertiary/aromatic N) is 19. The van der Waals surface area contributed by atoms with Crippen LogP contribution in [0.4, 0.5) is 45.5 Å². The molecule has 3 atom stereocenters. The molecule has 1 amide bonds. The van der Waals surface area contributed by atoms with E-state index in [1.165, 1.54) is 0 Å². The quantitative estimate of drug-likeness (QED) is 0.0277. The highest BCUT2D eigenvalue weighted by Gasteiger charge is 2.34. The number of nitrogens with one attached hydrogen (secondary N) is 3. The van der Waals surface area contributed by atoms with Crippen molar-refractivity contribution < 1.29 is 47.5 Å². The van der Waals surface area contributed by atoms with Crippen LogP contribution in [-0.4, -0.2) is 158 Å². The van der Waals surface area contributed by atoms with E-state index < -0.39 is 0 Å². The van der Waals surface area contributed by atoms with Crippen molar-refractivity contribution in [3.63, 3.8) is 0 Å². The van der Waals surface area contributed by atoms with E-state index in [2.05, 4.69) is 55.4 Å². The average Bonchev–Trinajstić information content (AvgIpc) is 1.62. The zero-order valence-corrected chi connectivity index (χ0v) is 82.3. The van der Waals surface area contributed by atoms with Gasteiger partial charge in [-0.2, -0.15) is 0 Å². The average molecular weight is 1940 g/mol. The zero-order chi connectivity index (χ0) is 97.4. The van der Waals surface area contributed by atoms with E-state index in [9.17, 15) is 14.4 Å². The van der Waals surface area contributed by atoms with Crippen LogP contribution in [0.1, 0.15) is 156 Å². The van der Waals surface area contributed by atoms with Gasteiger partial charge in [-0.1, -0.05) is 59.1 Å². The number of rotatable bonds is 24. The lowest BCUT2D eigenvalue weighted by Gasteiger charge is -2.25. The first kappa shape index (κ1) is 97.0. The minimum atomic E-state index is -0.130. The number of hydrogen-bond acceptors (Lipinski definition) is 26. The summed E-state index contributed by atoms with van der Waals surface area (Å²) in [7, 11) is 14.4. The summed E-state index contributed by atoms with van der Waals surface area (Å²) in [6, 6.07) is 31.1. The summed E-state index contributed by atoms with van der Waals surface area (Å²) in [5.74, 6) is 6.43. The third-order valence-electron chi connectivity index (χ3n) is 25.4. The first-order valence-corrected chi connectivity index (χ1v) is 48.0. The van der Waals surface area contributed by atoms with Crippen LogP contribution in [0.5, 0.6) is 23.0 Å². The Balaban J connectivity index is 0.000000122. The number of aliphatic imine (C=N–C) groups is 1. The summed E-state index contributed by atoms with van der Waals surface area (Å²) in [4.78, 5) is 89.2. The molecule has 7 aliphatic rings. The fraction of sp³-hybridized carbons (Fsp3) is 0.382. The summed E-state index contributed by atoms with van der Waals surface area (Å²) < 4.78 is 54.2. The largest absolute Gasteiger partial charge is 0.495 e. The van der Waals surface area contributed by atoms with E-state index in [0.717, 1.165) is 269 Å². The van der Waals surface area contributed by atoms with Crippen LogP contribution in [0.15, 0.2) is 152 Å². The van der Waals surface area contributed by atoms with Crippen molar-refractivity contribution in [2.75, 3.05) is 69.9 Å². The number of hydrogen-bond donors (Lipinski definition) is 5. The predicted octanol–water partition coefficient (Wildman–Crippen LogP) is 20.1. The third kappa shape index (κ3) is 22.5. The van der Waals surface area contributed by atoms with Crippen molar-refractivity contribution in [1.29, 1.82) is 0 Å². The molecular weight excluding hydrogens is 1830 g/mol. The van der Waals surface area contributed by atoms with Gasteiger partial charge in [0.15, 0.2) is 16.9 Å². The Morgan fingerprint density at radius 3 is 1.14 bits per heavy atom. The lowest BCUT2D eigenvalue weighted by atomic mass is 10.1. The summed E-state index contributed by atoms with van der Waals surface area (Å²) >= 11 is 18.5. The number of carbonyl (C=O) groups is 3. The number of ketones is 2. The number of benzene rings is 4. The van der Waals surface area contributed by atoms with Gasteiger partial charge in [0.2, 0.25) is 5.91 Å². The van der Waals surface area contributed by atoms with Crippen molar-refractivity contribution in [2.45, 2.75) is 162 Å². The predicted molar refractivity (Wildman–Crippen MR) is 539 cm³/mol. The molecule has 3 saturated carbocycles. The molecule has 3 aliphatic carbocycles. The number of Topliss-reactive ketones (excluding diaryl/α,β-unsaturated/α-hetero) is 2. The SMILES string of the molecule is COc1cc(-c2cncn2C)ccc1N.COc1cc(-c2cncn2C)ccc1Nc1cc(CC(=O)C2CC2)nc2c1N=C(C)C2.COc1cc(-c2cncn2C)ccc1Nc1cc(CC(=O)C2CC2)nc2c1nc(C)n2C1CCCCO1.COc1cc(-c2cncn2C)ccc1Nc1cc(Cl)nc2c1nc(C)n2C1CCCCO1.Cc1nc2c(Cl)cc(Cl)nc2n1C1CCCCO1.NC(=O)C1CC1. The maximum absolute atomic E-state index is 12.7. The maximum Gasteiger partial charge on any atom is 0.220 e. The molecule has 4 aromatic carbocycles. The van der Waals surface area contributed by atoms with Gasteiger partial charge >= 0.3 is 0 Å². The monoisotopic (exact) mass is 1940 g/mol. The maximum atomic E-state index is 12.7. The number of anilines is 7. The lowest BCUT2D eigenvalue weighted by molar-refractivity contribution is -0.120. The molecule has 22 rings (SSSR count). The Bertz CT molecular complexity index is 7040. The fourth-order valence-electron chi connectivity index (χ4n) is 17.7.